The van der Waals surface area contributed by atoms with Gasteiger partial charge in [-0.15, -0.1) is 11.3 Å². The zero-order valence-corrected chi connectivity index (χ0v) is 9.88. The van der Waals surface area contributed by atoms with Gasteiger partial charge in [-0.05, 0) is 13.8 Å². The number of nitrogens with zero attached hydrogens (tertiary/aromatic N) is 3. The van der Waals surface area contributed by atoms with Crippen molar-refractivity contribution in [2.24, 2.45) is 7.05 Å². The fourth-order valence-corrected chi connectivity index (χ4v) is 2.13. The molecule has 1 unspecified atom stereocenters. The highest BCUT2D eigenvalue weighted by Gasteiger charge is 2.10. The fourth-order valence-electron chi connectivity index (χ4n) is 1.48. The first-order valence-corrected chi connectivity index (χ1v) is 5.71. The van der Waals surface area contributed by atoms with Crippen LogP contribution in [0.15, 0.2) is 17.8 Å². The van der Waals surface area contributed by atoms with Crippen molar-refractivity contribution in [3.8, 4) is 0 Å². The van der Waals surface area contributed by atoms with Crippen LogP contribution in [0.4, 0.5) is 5.69 Å². The third kappa shape index (κ3) is 2.18. The Bertz CT molecular complexity index is 432. The van der Waals surface area contributed by atoms with Gasteiger partial charge >= 0.3 is 0 Å². The molecule has 0 aliphatic carbocycles. The van der Waals surface area contributed by atoms with Gasteiger partial charge < -0.3 is 5.32 Å². The van der Waals surface area contributed by atoms with Crippen molar-refractivity contribution < 1.29 is 0 Å². The van der Waals surface area contributed by atoms with E-state index < -0.39 is 0 Å². The van der Waals surface area contributed by atoms with Crippen LogP contribution in [0.3, 0.4) is 0 Å². The third-order valence-corrected chi connectivity index (χ3v) is 3.17. The lowest BCUT2D eigenvalue weighted by Gasteiger charge is -2.10. The van der Waals surface area contributed by atoms with Crippen molar-refractivity contribution >= 4 is 17.0 Å². The summed E-state index contributed by atoms with van der Waals surface area (Å²) in [4.78, 5) is 4.28. The van der Waals surface area contributed by atoms with Gasteiger partial charge in [0.1, 0.15) is 5.01 Å². The van der Waals surface area contributed by atoms with Gasteiger partial charge in [0.05, 0.1) is 17.4 Å². The molecule has 1 N–H and O–H groups in total. The summed E-state index contributed by atoms with van der Waals surface area (Å²) in [6.07, 6.45) is 3.81. The molecule has 0 aromatic carbocycles. The van der Waals surface area contributed by atoms with Crippen LogP contribution in [0.2, 0.25) is 0 Å². The Kier molecular flexibility index (Phi) is 2.73. The SMILES string of the molecule is Cc1nn(C)cc1NC(C)c1nccs1. The number of hydrogen-bond acceptors (Lipinski definition) is 4. The van der Waals surface area contributed by atoms with E-state index in [1.807, 2.05) is 36.4 Å². The van der Waals surface area contributed by atoms with E-state index in [0.29, 0.717) is 0 Å². The molecule has 0 aliphatic rings. The van der Waals surface area contributed by atoms with Crippen LogP contribution >= 0.6 is 11.3 Å². The number of aromatic nitrogens is 3. The van der Waals surface area contributed by atoms with E-state index in [4.69, 9.17) is 0 Å². The summed E-state index contributed by atoms with van der Waals surface area (Å²) in [6, 6.07) is 0.230. The third-order valence-electron chi connectivity index (χ3n) is 2.21. The van der Waals surface area contributed by atoms with Gasteiger partial charge in [0.15, 0.2) is 0 Å². The summed E-state index contributed by atoms with van der Waals surface area (Å²) >= 11 is 1.66. The number of thiazole rings is 1. The molecule has 0 saturated heterocycles. The number of rotatable bonds is 3. The molecule has 1 atom stereocenters. The largest absolute Gasteiger partial charge is 0.373 e. The molecule has 2 aromatic rings. The van der Waals surface area contributed by atoms with E-state index in [1.54, 1.807) is 11.3 Å². The summed E-state index contributed by atoms with van der Waals surface area (Å²) in [7, 11) is 1.92. The lowest BCUT2D eigenvalue weighted by atomic mass is 10.3. The second-order valence-corrected chi connectivity index (χ2v) is 4.46. The standard InChI is InChI=1S/C10H14N4S/c1-7-9(6-14(3)13-7)12-8(2)10-11-4-5-15-10/h4-6,8,12H,1-3H3. The Morgan fingerprint density at radius 3 is 2.87 bits per heavy atom. The average Bonchev–Trinajstić information content (AvgIpc) is 2.76. The molecule has 0 bridgehead atoms. The second-order valence-electron chi connectivity index (χ2n) is 3.54. The summed E-state index contributed by atoms with van der Waals surface area (Å²) in [6.45, 7) is 4.10. The molecule has 2 heterocycles. The van der Waals surface area contributed by atoms with E-state index in [0.717, 1.165) is 16.4 Å². The molecule has 2 rings (SSSR count). The molecule has 0 radical (unpaired) electrons. The topological polar surface area (TPSA) is 42.7 Å². The van der Waals surface area contributed by atoms with Crippen LogP contribution in [0.25, 0.3) is 0 Å². The Labute approximate surface area is 93.0 Å². The van der Waals surface area contributed by atoms with Crippen molar-refractivity contribution in [2.75, 3.05) is 5.32 Å². The lowest BCUT2D eigenvalue weighted by molar-refractivity contribution is 0.756. The maximum Gasteiger partial charge on any atom is 0.115 e. The first kappa shape index (κ1) is 10.2. The Hall–Kier alpha value is -1.36. The smallest absolute Gasteiger partial charge is 0.115 e. The van der Waals surface area contributed by atoms with E-state index >= 15 is 0 Å². The van der Waals surface area contributed by atoms with Crippen molar-refractivity contribution in [2.45, 2.75) is 19.9 Å². The molecule has 2 aromatic heterocycles. The number of nitrogens with one attached hydrogen (secondary N) is 1. The van der Waals surface area contributed by atoms with Gasteiger partial charge in [-0.2, -0.15) is 5.10 Å². The number of hydrogen-bond donors (Lipinski definition) is 1. The zero-order valence-electron chi connectivity index (χ0n) is 9.06. The van der Waals surface area contributed by atoms with E-state index in [1.165, 1.54) is 0 Å². The Balaban J connectivity index is 2.12. The van der Waals surface area contributed by atoms with Crippen molar-refractivity contribution in [3.63, 3.8) is 0 Å². The molecule has 0 spiro atoms. The molecule has 0 saturated carbocycles. The zero-order chi connectivity index (χ0) is 10.8. The Morgan fingerprint density at radius 2 is 2.33 bits per heavy atom. The highest BCUT2D eigenvalue weighted by Crippen LogP contribution is 2.22. The minimum Gasteiger partial charge on any atom is -0.373 e. The first-order chi connectivity index (χ1) is 7.16. The predicted octanol–water partition coefficient (Wildman–Crippen LogP) is 2.36. The van der Waals surface area contributed by atoms with Crippen molar-refractivity contribution in [1.29, 1.82) is 0 Å². The second kappa shape index (κ2) is 4.02. The molecule has 0 fully saturated rings. The summed E-state index contributed by atoms with van der Waals surface area (Å²) in [5.74, 6) is 0. The van der Waals surface area contributed by atoms with Gasteiger partial charge in [0.2, 0.25) is 0 Å². The van der Waals surface area contributed by atoms with Gasteiger partial charge in [0.25, 0.3) is 0 Å². The summed E-state index contributed by atoms with van der Waals surface area (Å²) in [5, 5.41) is 10.8. The van der Waals surface area contributed by atoms with Gasteiger partial charge in [-0.1, -0.05) is 0 Å². The van der Waals surface area contributed by atoms with Crippen LogP contribution < -0.4 is 5.32 Å². The minimum atomic E-state index is 0.230. The molecule has 4 nitrogen and oxygen atoms in total. The molecule has 15 heavy (non-hydrogen) atoms. The quantitative estimate of drug-likeness (QED) is 0.867. The monoisotopic (exact) mass is 222 g/mol. The molecule has 0 aliphatic heterocycles. The van der Waals surface area contributed by atoms with Gasteiger partial charge in [0, 0.05) is 24.8 Å². The van der Waals surface area contributed by atoms with E-state index in [9.17, 15) is 0 Å². The van der Waals surface area contributed by atoms with Gasteiger partial charge in [-0.25, -0.2) is 4.98 Å². The van der Waals surface area contributed by atoms with Crippen LogP contribution in [0.5, 0.6) is 0 Å². The Morgan fingerprint density at radius 1 is 1.53 bits per heavy atom. The molecule has 80 valence electrons. The molecule has 5 heteroatoms. The maximum atomic E-state index is 4.28. The predicted molar refractivity (Wildman–Crippen MR) is 62.1 cm³/mol. The average molecular weight is 222 g/mol. The minimum absolute atomic E-state index is 0.230. The van der Waals surface area contributed by atoms with Gasteiger partial charge in [-0.3, -0.25) is 4.68 Å². The number of aryl methyl sites for hydroxylation is 2. The van der Waals surface area contributed by atoms with Crippen LogP contribution in [-0.4, -0.2) is 14.8 Å². The fraction of sp³-hybridized carbons (Fsp3) is 0.400. The van der Waals surface area contributed by atoms with Crippen molar-refractivity contribution in [3.05, 3.63) is 28.5 Å². The highest BCUT2D eigenvalue weighted by atomic mass is 32.1. The summed E-state index contributed by atoms with van der Waals surface area (Å²) in [5.41, 5.74) is 2.08. The van der Waals surface area contributed by atoms with E-state index in [2.05, 4.69) is 22.3 Å². The molecular weight excluding hydrogens is 208 g/mol. The van der Waals surface area contributed by atoms with Crippen LogP contribution in [-0.2, 0) is 7.05 Å². The lowest BCUT2D eigenvalue weighted by Crippen LogP contribution is -2.06. The van der Waals surface area contributed by atoms with E-state index in [-0.39, 0.29) is 6.04 Å². The normalized spacial score (nSPS) is 12.7. The van der Waals surface area contributed by atoms with Crippen LogP contribution in [0, 0.1) is 6.92 Å². The first-order valence-electron chi connectivity index (χ1n) is 4.83. The summed E-state index contributed by atoms with van der Waals surface area (Å²) < 4.78 is 1.81. The molecular formula is C10H14N4S. The highest BCUT2D eigenvalue weighted by molar-refractivity contribution is 7.09. The van der Waals surface area contributed by atoms with Crippen LogP contribution in [0.1, 0.15) is 23.7 Å². The van der Waals surface area contributed by atoms with Crippen molar-refractivity contribution in [1.82, 2.24) is 14.8 Å². The maximum absolute atomic E-state index is 4.28. The number of anilines is 1. The molecule has 0 amide bonds.